The van der Waals surface area contributed by atoms with Gasteiger partial charge in [0.1, 0.15) is 13.2 Å². The van der Waals surface area contributed by atoms with Crippen LogP contribution in [0.15, 0.2) is 6.07 Å². The van der Waals surface area contributed by atoms with Crippen molar-refractivity contribution in [2.45, 2.75) is 45.5 Å². The lowest BCUT2D eigenvalue weighted by atomic mass is 10.1. The van der Waals surface area contributed by atoms with Crippen LogP contribution >= 0.6 is 0 Å². The Labute approximate surface area is 110 Å². The molecule has 0 aromatic carbocycles. The van der Waals surface area contributed by atoms with Gasteiger partial charge in [0, 0.05) is 23.9 Å². The number of aromatic nitrogens is 2. The second kappa shape index (κ2) is 6.81. The minimum atomic E-state index is -4.34. The molecule has 0 saturated heterocycles. The summed E-state index contributed by atoms with van der Waals surface area (Å²) in [7, 11) is 0. The van der Waals surface area contributed by atoms with Gasteiger partial charge in [-0.2, -0.15) is 13.2 Å². The molecule has 1 heterocycles. The zero-order valence-electron chi connectivity index (χ0n) is 11.0. The van der Waals surface area contributed by atoms with E-state index < -0.39 is 12.8 Å². The third-order valence-corrected chi connectivity index (χ3v) is 2.45. The van der Waals surface area contributed by atoms with Gasteiger partial charge in [-0.3, -0.25) is 0 Å². The van der Waals surface area contributed by atoms with Crippen LogP contribution in [0, 0.1) is 6.92 Å². The predicted molar refractivity (Wildman–Crippen MR) is 64.5 cm³/mol. The van der Waals surface area contributed by atoms with E-state index in [2.05, 4.69) is 14.7 Å². The van der Waals surface area contributed by atoms with Crippen LogP contribution in [0.5, 0.6) is 0 Å². The molecule has 108 valence electrons. The summed E-state index contributed by atoms with van der Waals surface area (Å²) in [6, 6.07) is 1.77. The summed E-state index contributed by atoms with van der Waals surface area (Å²) in [5, 5.41) is 0. The molecule has 0 aliphatic carbocycles. The summed E-state index contributed by atoms with van der Waals surface area (Å²) in [5.74, 6) is 0.252. The van der Waals surface area contributed by atoms with Crippen LogP contribution in [0.1, 0.15) is 30.6 Å². The first-order valence-electron chi connectivity index (χ1n) is 6.03. The maximum Gasteiger partial charge on any atom is 0.411 e. The van der Waals surface area contributed by atoms with E-state index >= 15 is 0 Å². The van der Waals surface area contributed by atoms with Gasteiger partial charge < -0.3 is 10.5 Å². The molecule has 1 aromatic rings. The SMILES string of the molecule is CCC(N)Cc1cc(C)nc(COCC(F)(F)F)n1. The molecule has 0 bridgehead atoms. The quantitative estimate of drug-likeness (QED) is 0.865. The van der Waals surface area contributed by atoms with Crippen LogP contribution in [0.4, 0.5) is 13.2 Å². The van der Waals surface area contributed by atoms with Crippen LogP contribution in [0.3, 0.4) is 0 Å². The van der Waals surface area contributed by atoms with Gasteiger partial charge in [-0.25, -0.2) is 9.97 Å². The third kappa shape index (κ3) is 6.49. The zero-order valence-corrected chi connectivity index (χ0v) is 11.0. The van der Waals surface area contributed by atoms with Crippen molar-refractivity contribution in [1.82, 2.24) is 9.97 Å². The first-order valence-corrected chi connectivity index (χ1v) is 6.03. The Bertz CT molecular complexity index is 410. The van der Waals surface area contributed by atoms with Crippen molar-refractivity contribution >= 4 is 0 Å². The molecule has 0 aliphatic heterocycles. The predicted octanol–water partition coefficient (Wildman–Crippen LogP) is 2.14. The van der Waals surface area contributed by atoms with E-state index in [1.54, 1.807) is 13.0 Å². The van der Waals surface area contributed by atoms with Gasteiger partial charge >= 0.3 is 6.18 Å². The summed E-state index contributed by atoms with van der Waals surface area (Å²) in [4.78, 5) is 8.20. The molecule has 7 heteroatoms. The first-order chi connectivity index (χ1) is 8.80. The molecule has 0 radical (unpaired) electrons. The van der Waals surface area contributed by atoms with Crippen molar-refractivity contribution in [3.8, 4) is 0 Å². The van der Waals surface area contributed by atoms with E-state index in [9.17, 15) is 13.2 Å². The Balaban J connectivity index is 2.63. The number of nitrogens with zero attached hydrogens (tertiary/aromatic N) is 2. The number of nitrogens with two attached hydrogens (primary N) is 1. The van der Waals surface area contributed by atoms with E-state index in [0.717, 1.165) is 12.1 Å². The van der Waals surface area contributed by atoms with Gasteiger partial charge in [0.25, 0.3) is 0 Å². The molecule has 1 aromatic heterocycles. The summed E-state index contributed by atoms with van der Waals surface area (Å²) in [5.41, 5.74) is 7.24. The Morgan fingerprint density at radius 3 is 2.63 bits per heavy atom. The van der Waals surface area contributed by atoms with Crippen molar-refractivity contribution < 1.29 is 17.9 Å². The van der Waals surface area contributed by atoms with Crippen LogP contribution in [0.25, 0.3) is 0 Å². The Kier molecular flexibility index (Phi) is 5.68. The Hall–Kier alpha value is -1.21. The van der Waals surface area contributed by atoms with Gasteiger partial charge in [0.15, 0.2) is 5.82 Å². The molecule has 19 heavy (non-hydrogen) atoms. The molecule has 1 rings (SSSR count). The minimum absolute atomic E-state index is 0.0155. The van der Waals surface area contributed by atoms with E-state index in [0.29, 0.717) is 12.1 Å². The largest absolute Gasteiger partial charge is 0.411 e. The Morgan fingerprint density at radius 1 is 1.37 bits per heavy atom. The number of aryl methyl sites for hydroxylation is 1. The molecule has 0 amide bonds. The molecule has 0 spiro atoms. The van der Waals surface area contributed by atoms with Gasteiger partial charge in [-0.15, -0.1) is 0 Å². The fourth-order valence-corrected chi connectivity index (χ4v) is 1.54. The zero-order chi connectivity index (χ0) is 14.5. The first kappa shape index (κ1) is 15.8. The fraction of sp³-hybridized carbons (Fsp3) is 0.667. The second-order valence-corrected chi connectivity index (χ2v) is 4.40. The molecule has 0 saturated carbocycles. The van der Waals surface area contributed by atoms with Gasteiger partial charge in [0.05, 0.1) is 0 Å². The summed E-state index contributed by atoms with van der Waals surface area (Å²) in [6.45, 7) is 2.17. The lowest BCUT2D eigenvalue weighted by Crippen LogP contribution is -2.22. The van der Waals surface area contributed by atoms with Crippen LogP contribution < -0.4 is 5.73 Å². The van der Waals surface area contributed by atoms with Gasteiger partial charge in [-0.1, -0.05) is 6.92 Å². The van der Waals surface area contributed by atoms with E-state index in [-0.39, 0.29) is 18.5 Å². The summed E-state index contributed by atoms with van der Waals surface area (Å²) < 4.78 is 40.4. The lowest BCUT2D eigenvalue weighted by molar-refractivity contribution is -0.177. The van der Waals surface area contributed by atoms with Crippen molar-refractivity contribution in [3.63, 3.8) is 0 Å². The van der Waals surface area contributed by atoms with Crippen molar-refractivity contribution in [2.75, 3.05) is 6.61 Å². The van der Waals surface area contributed by atoms with E-state index in [1.807, 2.05) is 6.92 Å². The number of alkyl halides is 3. The normalized spacial score (nSPS) is 13.6. The number of halogens is 3. The molecule has 4 nitrogen and oxygen atoms in total. The Morgan fingerprint density at radius 2 is 2.05 bits per heavy atom. The highest BCUT2D eigenvalue weighted by Crippen LogP contribution is 2.15. The molecule has 1 unspecified atom stereocenters. The van der Waals surface area contributed by atoms with E-state index in [4.69, 9.17) is 5.73 Å². The average molecular weight is 277 g/mol. The molecule has 2 N–H and O–H groups in total. The molecule has 0 aliphatic rings. The van der Waals surface area contributed by atoms with Crippen molar-refractivity contribution in [3.05, 3.63) is 23.3 Å². The van der Waals surface area contributed by atoms with Crippen LogP contribution in [-0.4, -0.2) is 28.8 Å². The molecule has 1 atom stereocenters. The highest BCUT2D eigenvalue weighted by atomic mass is 19.4. The number of ether oxygens (including phenoxy) is 1. The van der Waals surface area contributed by atoms with E-state index in [1.165, 1.54) is 0 Å². The standard InChI is InChI=1S/C12H18F3N3O/c1-3-9(16)5-10-4-8(2)17-11(18-10)6-19-7-12(13,14)15/h4,9H,3,5-7,16H2,1-2H3. The molecule has 0 fully saturated rings. The van der Waals surface area contributed by atoms with Crippen LogP contribution in [0.2, 0.25) is 0 Å². The highest BCUT2D eigenvalue weighted by Gasteiger charge is 2.27. The van der Waals surface area contributed by atoms with Gasteiger partial charge in [-0.05, 0) is 19.4 Å². The maximum absolute atomic E-state index is 12.0. The second-order valence-electron chi connectivity index (χ2n) is 4.40. The topological polar surface area (TPSA) is 61.0 Å². The third-order valence-electron chi connectivity index (χ3n) is 2.45. The van der Waals surface area contributed by atoms with Crippen molar-refractivity contribution in [1.29, 1.82) is 0 Å². The van der Waals surface area contributed by atoms with Crippen molar-refractivity contribution in [2.24, 2.45) is 5.73 Å². The summed E-state index contributed by atoms with van der Waals surface area (Å²) in [6.07, 6.45) is -2.95. The number of rotatable bonds is 6. The molecular weight excluding hydrogens is 259 g/mol. The minimum Gasteiger partial charge on any atom is -0.364 e. The number of hydrogen-bond acceptors (Lipinski definition) is 4. The van der Waals surface area contributed by atoms with Gasteiger partial charge in [0.2, 0.25) is 0 Å². The highest BCUT2D eigenvalue weighted by molar-refractivity contribution is 5.11. The van der Waals surface area contributed by atoms with Crippen LogP contribution in [-0.2, 0) is 17.8 Å². The smallest absolute Gasteiger partial charge is 0.364 e. The molecular formula is C12H18F3N3O. The maximum atomic E-state index is 12.0. The monoisotopic (exact) mass is 277 g/mol. The lowest BCUT2D eigenvalue weighted by Gasteiger charge is -2.11. The summed E-state index contributed by atoms with van der Waals surface area (Å²) >= 11 is 0. The fourth-order valence-electron chi connectivity index (χ4n) is 1.54. The average Bonchev–Trinajstić information content (AvgIpc) is 2.26. The number of hydrogen-bond donors (Lipinski definition) is 1.